The minimum Gasteiger partial charge on any atom is -0.496 e. The van der Waals surface area contributed by atoms with E-state index >= 15 is 0 Å². The summed E-state index contributed by atoms with van der Waals surface area (Å²) >= 11 is 0. The Labute approximate surface area is 97.6 Å². The maximum atomic E-state index is 10.8. The summed E-state index contributed by atoms with van der Waals surface area (Å²) in [6, 6.07) is 7.92. The number of rotatable bonds is 4. The van der Waals surface area contributed by atoms with Gasteiger partial charge in [-0.15, -0.1) is 0 Å². The molecule has 2 heteroatoms. The molecule has 0 radical (unpaired) electrons. The highest BCUT2D eigenvalue weighted by Gasteiger charge is 2.27. The van der Waals surface area contributed by atoms with E-state index in [0.29, 0.717) is 6.42 Å². The van der Waals surface area contributed by atoms with Crippen molar-refractivity contribution in [3.8, 4) is 5.75 Å². The predicted molar refractivity (Wildman–Crippen MR) is 65.9 cm³/mol. The maximum Gasteiger partial charge on any atom is 0.122 e. The van der Waals surface area contributed by atoms with Crippen LogP contribution in [0.5, 0.6) is 5.75 Å². The lowest BCUT2D eigenvalue weighted by Crippen LogP contribution is -2.19. The van der Waals surface area contributed by atoms with E-state index in [2.05, 4.69) is 20.8 Å². The van der Waals surface area contributed by atoms with E-state index in [1.165, 1.54) is 0 Å². The van der Waals surface area contributed by atoms with Crippen LogP contribution in [0.3, 0.4) is 0 Å². The van der Waals surface area contributed by atoms with Crippen molar-refractivity contribution in [3.63, 3.8) is 0 Å². The van der Waals surface area contributed by atoms with Gasteiger partial charge in [-0.2, -0.15) is 0 Å². The van der Waals surface area contributed by atoms with Crippen molar-refractivity contribution in [2.24, 2.45) is 5.41 Å². The third-order valence-electron chi connectivity index (χ3n) is 2.89. The number of benzene rings is 1. The van der Waals surface area contributed by atoms with Gasteiger partial charge in [0.15, 0.2) is 0 Å². The fourth-order valence-corrected chi connectivity index (χ4v) is 2.00. The molecular weight excluding hydrogens is 200 g/mol. The predicted octanol–water partition coefficient (Wildman–Crippen LogP) is 3.41. The van der Waals surface area contributed by atoms with Gasteiger partial charge in [0, 0.05) is 6.42 Å². The molecule has 1 atom stereocenters. The van der Waals surface area contributed by atoms with E-state index in [0.717, 1.165) is 17.6 Å². The van der Waals surface area contributed by atoms with Gasteiger partial charge in [0.25, 0.3) is 0 Å². The molecule has 0 heterocycles. The summed E-state index contributed by atoms with van der Waals surface area (Å²) in [5, 5.41) is 0. The summed E-state index contributed by atoms with van der Waals surface area (Å²) in [7, 11) is 1.67. The van der Waals surface area contributed by atoms with Crippen LogP contribution in [0, 0.1) is 5.41 Å². The molecule has 2 nitrogen and oxygen atoms in total. The number of aldehydes is 1. The van der Waals surface area contributed by atoms with Gasteiger partial charge < -0.3 is 9.53 Å². The fraction of sp³-hybridized carbons (Fsp3) is 0.500. The molecule has 0 saturated carbocycles. The SMILES string of the molecule is COc1ccccc1C(CC=O)C(C)(C)C. The molecule has 0 aliphatic heterocycles. The summed E-state index contributed by atoms with van der Waals surface area (Å²) in [6.07, 6.45) is 1.52. The standard InChI is InChI=1S/C14H20O2/c1-14(2,3)12(9-10-15)11-7-5-6-8-13(11)16-4/h5-8,10,12H,9H2,1-4H3. The van der Waals surface area contributed by atoms with E-state index in [9.17, 15) is 4.79 Å². The van der Waals surface area contributed by atoms with Crippen LogP contribution in [0.4, 0.5) is 0 Å². The Morgan fingerprint density at radius 3 is 2.44 bits per heavy atom. The second-order valence-electron chi connectivity index (χ2n) is 5.06. The Hall–Kier alpha value is -1.31. The van der Waals surface area contributed by atoms with Gasteiger partial charge in [0.2, 0.25) is 0 Å². The second kappa shape index (κ2) is 5.15. The third-order valence-corrected chi connectivity index (χ3v) is 2.89. The lowest BCUT2D eigenvalue weighted by molar-refractivity contribution is -0.108. The number of para-hydroxylation sites is 1. The van der Waals surface area contributed by atoms with E-state index < -0.39 is 0 Å². The Morgan fingerprint density at radius 2 is 1.94 bits per heavy atom. The maximum absolute atomic E-state index is 10.8. The molecule has 0 saturated heterocycles. The fourth-order valence-electron chi connectivity index (χ4n) is 2.00. The van der Waals surface area contributed by atoms with Gasteiger partial charge >= 0.3 is 0 Å². The van der Waals surface area contributed by atoms with Gasteiger partial charge in [-0.1, -0.05) is 39.0 Å². The van der Waals surface area contributed by atoms with Crippen molar-refractivity contribution in [2.75, 3.05) is 7.11 Å². The Morgan fingerprint density at radius 1 is 1.31 bits per heavy atom. The topological polar surface area (TPSA) is 26.3 Å². The number of methoxy groups -OCH3 is 1. The molecule has 1 unspecified atom stereocenters. The number of ether oxygens (including phenoxy) is 1. The zero-order chi connectivity index (χ0) is 12.2. The van der Waals surface area contributed by atoms with Crippen molar-refractivity contribution < 1.29 is 9.53 Å². The molecule has 0 amide bonds. The second-order valence-corrected chi connectivity index (χ2v) is 5.06. The third kappa shape index (κ3) is 2.84. The summed E-state index contributed by atoms with van der Waals surface area (Å²) < 4.78 is 5.35. The van der Waals surface area contributed by atoms with Crippen LogP contribution < -0.4 is 4.74 Å². The highest BCUT2D eigenvalue weighted by Crippen LogP contribution is 2.40. The molecule has 0 fully saturated rings. The first-order valence-electron chi connectivity index (χ1n) is 5.57. The monoisotopic (exact) mass is 220 g/mol. The minimum absolute atomic E-state index is 0.0511. The normalized spacial score (nSPS) is 13.2. The molecule has 16 heavy (non-hydrogen) atoms. The van der Waals surface area contributed by atoms with Crippen molar-refractivity contribution in [2.45, 2.75) is 33.1 Å². The number of carbonyl (C=O) groups excluding carboxylic acids is 1. The van der Waals surface area contributed by atoms with Gasteiger partial charge in [0.05, 0.1) is 7.11 Å². The van der Waals surface area contributed by atoms with E-state index in [4.69, 9.17) is 4.74 Å². The zero-order valence-electron chi connectivity index (χ0n) is 10.5. The lowest BCUT2D eigenvalue weighted by atomic mass is 9.74. The summed E-state index contributed by atoms with van der Waals surface area (Å²) in [5.74, 6) is 1.06. The van der Waals surface area contributed by atoms with Gasteiger partial charge in [-0.3, -0.25) is 0 Å². The molecule has 0 N–H and O–H groups in total. The van der Waals surface area contributed by atoms with Crippen LogP contribution in [-0.4, -0.2) is 13.4 Å². The van der Waals surface area contributed by atoms with Crippen LogP contribution in [-0.2, 0) is 4.79 Å². The molecule has 1 aromatic rings. The highest BCUT2D eigenvalue weighted by molar-refractivity contribution is 5.53. The molecule has 0 aliphatic carbocycles. The van der Waals surface area contributed by atoms with E-state index in [1.807, 2.05) is 24.3 Å². The first-order chi connectivity index (χ1) is 7.50. The van der Waals surface area contributed by atoms with E-state index in [-0.39, 0.29) is 11.3 Å². The Balaban J connectivity index is 3.15. The van der Waals surface area contributed by atoms with Crippen LogP contribution in [0.15, 0.2) is 24.3 Å². The first kappa shape index (κ1) is 12.8. The van der Waals surface area contributed by atoms with Gasteiger partial charge in [-0.05, 0) is 23.0 Å². The van der Waals surface area contributed by atoms with Gasteiger partial charge in [0.1, 0.15) is 12.0 Å². The molecule has 0 spiro atoms. The van der Waals surface area contributed by atoms with Gasteiger partial charge in [-0.25, -0.2) is 0 Å². The van der Waals surface area contributed by atoms with Crippen molar-refractivity contribution >= 4 is 6.29 Å². The van der Waals surface area contributed by atoms with E-state index in [1.54, 1.807) is 7.11 Å². The zero-order valence-corrected chi connectivity index (χ0v) is 10.5. The molecule has 0 aliphatic rings. The first-order valence-corrected chi connectivity index (χ1v) is 5.57. The van der Waals surface area contributed by atoms with Crippen molar-refractivity contribution in [1.29, 1.82) is 0 Å². The summed E-state index contributed by atoms with van der Waals surface area (Å²) in [4.78, 5) is 10.8. The van der Waals surface area contributed by atoms with Crippen LogP contribution in [0.2, 0.25) is 0 Å². The minimum atomic E-state index is 0.0511. The number of carbonyl (C=O) groups is 1. The molecular formula is C14H20O2. The van der Waals surface area contributed by atoms with Crippen LogP contribution in [0.25, 0.3) is 0 Å². The largest absolute Gasteiger partial charge is 0.496 e. The van der Waals surface area contributed by atoms with Crippen LogP contribution >= 0.6 is 0 Å². The smallest absolute Gasteiger partial charge is 0.122 e. The number of hydrogen-bond acceptors (Lipinski definition) is 2. The average Bonchev–Trinajstić information content (AvgIpc) is 2.24. The highest BCUT2D eigenvalue weighted by atomic mass is 16.5. The van der Waals surface area contributed by atoms with Crippen molar-refractivity contribution in [3.05, 3.63) is 29.8 Å². The average molecular weight is 220 g/mol. The molecule has 1 aromatic carbocycles. The molecule has 0 bridgehead atoms. The Bertz CT molecular complexity index is 350. The van der Waals surface area contributed by atoms with Crippen molar-refractivity contribution in [1.82, 2.24) is 0 Å². The summed E-state index contributed by atoms with van der Waals surface area (Å²) in [5.41, 5.74) is 1.17. The quantitative estimate of drug-likeness (QED) is 0.727. The lowest BCUT2D eigenvalue weighted by Gasteiger charge is -2.30. The molecule has 0 aromatic heterocycles. The number of hydrogen-bond donors (Lipinski definition) is 0. The summed E-state index contributed by atoms with van der Waals surface area (Å²) in [6.45, 7) is 6.44. The molecule has 88 valence electrons. The van der Waals surface area contributed by atoms with Crippen LogP contribution in [0.1, 0.15) is 38.7 Å². The Kier molecular flexibility index (Phi) is 4.11. The molecule has 1 rings (SSSR count).